The van der Waals surface area contributed by atoms with E-state index in [1.807, 2.05) is 84.9 Å². The number of carbonyl (C=O) groups is 2. The Morgan fingerprint density at radius 2 is 1.23 bits per heavy atom. The molecule has 2 aliphatic heterocycles. The summed E-state index contributed by atoms with van der Waals surface area (Å²) in [7, 11) is 0. The molecule has 0 fully saturated rings. The molecule has 2 amide bonds. The first-order chi connectivity index (χ1) is 17.1. The van der Waals surface area contributed by atoms with Crippen LogP contribution in [0.1, 0.15) is 16.7 Å². The summed E-state index contributed by atoms with van der Waals surface area (Å²) in [6.45, 7) is 0.870. The highest BCUT2D eigenvalue weighted by molar-refractivity contribution is 6.57. The lowest BCUT2D eigenvalue weighted by Gasteiger charge is -2.20. The van der Waals surface area contributed by atoms with Gasteiger partial charge in [0, 0.05) is 23.6 Å². The van der Waals surface area contributed by atoms with Crippen LogP contribution in [-0.4, -0.2) is 18.4 Å². The highest BCUT2D eigenvalue weighted by Crippen LogP contribution is 2.40. The lowest BCUT2D eigenvalue weighted by Crippen LogP contribution is -2.31. The Bertz CT molecular complexity index is 1480. The van der Waals surface area contributed by atoms with Gasteiger partial charge in [0.25, 0.3) is 11.8 Å². The van der Waals surface area contributed by atoms with Crippen molar-refractivity contribution in [3.05, 3.63) is 120 Å². The van der Waals surface area contributed by atoms with Crippen molar-refractivity contribution in [1.29, 1.82) is 0 Å². The van der Waals surface area contributed by atoms with Crippen molar-refractivity contribution in [2.75, 3.05) is 22.1 Å². The van der Waals surface area contributed by atoms with Crippen LogP contribution in [0.2, 0.25) is 0 Å². The molecule has 0 radical (unpaired) electrons. The fourth-order valence-electron chi connectivity index (χ4n) is 4.98. The van der Waals surface area contributed by atoms with Crippen molar-refractivity contribution < 1.29 is 9.59 Å². The van der Waals surface area contributed by atoms with Crippen LogP contribution in [0.15, 0.2) is 103 Å². The zero-order valence-electron chi connectivity index (χ0n) is 19.0. The third-order valence-electron chi connectivity index (χ3n) is 6.63. The number of carbonyl (C=O) groups excluding carboxylic acids is 2. The predicted octanol–water partition coefficient (Wildman–Crippen LogP) is 5.45. The molecule has 0 bridgehead atoms. The maximum Gasteiger partial charge on any atom is 0.266 e. The van der Waals surface area contributed by atoms with Gasteiger partial charge in [0.2, 0.25) is 0 Å². The van der Waals surface area contributed by atoms with E-state index in [-0.39, 0.29) is 11.8 Å². The molecule has 0 unspecified atom stereocenters. The van der Waals surface area contributed by atoms with Gasteiger partial charge in [0.1, 0.15) is 0 Å². The zero-order valence-corrected chi connectivity index (χ0v) is 19.0. The number of hydrogen-bond donors (Lipinski definition) is 1. The smallest absolute Gasteiger partial charge is 0.266 e. The lowest BCUT2D eigenvalue weighted by atomic mass is 9.96. The quantitative estimate of drug-likeness (QED) is 0.327. The van der Waals surface area contributed by atoms with E-state index in [1.165, 1.54) is 10.5 Å². The Kier molecular flexibility index (Phi) is 4.96. The summed E-state index contributed by atoms with van der Waals surface area (Å²) >= 11 is 0. The van der Waals surface area contributed by atoms with Gasteiger partial charge >= 0.3 is 0 Å². The van der Waals surface area contributed by atoms with Crippen molar-refractivity contribution >= 4 is 45.7 Å². The van der Waals surface area contributed by atoms with E-state index in [4.69, 9.17) is 5.73 Å². The average molecular weight is 458 g/mol. The monoisotopic (exact) mass is 457 g/mol. The maximum atomic E-state index is 13.7. The second kappa shape index (κ2) is 8.29. The number of rotatable bonds is 4. The number of fused-ring (bicyclic) bond motifs is 1. The molecule has 0 atom stereocenters. The van der Waals surface area contributed by atoms with Crippen LogP contribution < -0.4 is 15.5 Å². The molecule has 5 nitrogen and oxygen atoms in total. The minimum atomic E-state index is -0.310. The second-order valence-electron chi connectivity index (χ2n) is 8.73. The number of benzene rings is 4. The summed E-state index contributed by atoms with van der Waals surface area (Å²) in [5.74, 6) is -0.618. The molecule has 2 aliphatic rings. The van der Waals surface area contributed by atoms with Crippen LogP contribution in [0.4, 0.5) is 22.7 Å². The molecule has 35 heavy (non-hydrogen) atoms. The summed E-state index contributed by atoms with van der Waals surface area (Å²) < 4.78 is 0. The molecule has 0 spiro atoms. The summed E-state index contributed by atoms with van der Waals surface area (Å²) in [4.78, 5) is 30.8. The van der Waals surface area contributed by atoms with Crippen LogP contribution in [0.25, 0.3) is 11.1 Å². The molecule has 2 heterocycles. The number of hydrogen-bond acceptors (Lipinski definition) is 4. The lowest BCUT2D eigenvalue weighted by molar-refractivity contribution is -0.119. The second-order valence-corrected chi connectivity index (χ2v) is 8.73. The molecule has 4 aromatic carbocycles. The normalized spacial score (nSPS) is 15.2. The van der Waals surface area contributed by atoms with E-state index < -0.39 is 0 Å². The molecule has 4 aromatic rings. The van der Waals surface area contributed by atoms with Crippen LogP contribution in [0.5, 0.6) is 0 Å². The minimum absolute atomic E-state index is 0.308. The van der Waals surface area contributed by atoms with Crippen molar-refractivity contribution in [3.8, 4) is 0 Å². The molecule has 0 aromatic heterocycles. The van der Waals surface area contributed by atoms with Gasteiger partial charge in [0.05, 0.1) is 16.8 Å². The van der Waals surface area contributed by atoms with E-state index in [1.54, 1.807) is 12.1 Å². The molecular weight excluding hydrogens is 434 g/mol. The molecule has 170 valence electrons. The van der Waals surface area contributed by atoms with Crippen molar-refractivity contribution in [2.24, 2.45) is 0 Å². The van der Waals surface area contributed by atoms with Crippen molar-refractivity contribution in [2.45, 2.75) is 6.42 Å². The highest BCUT2D eigenvalue weighted by atomic mass is 16.2. The summed E-state index contributed by atoms with van der Waals surface area (Å²) in [6.07, 6.45) is 0.935. The van der Waals surface area contributed by atoms with E-state index in [9.17, 15) is 9.59 Å². The number of anilines is 4. The first kappa shape index (κ1) is 20.9. The van der Waals surface area contributed by atoms with Crippen LogP contribution in [-0.2, 0) is 16.0 Å². The van der Waals surface area contributed by atoms with Crippen LogP contribution >= 0.6 is 0 Å². The summed E-state index contributed by atoms with van der Waals surface area (Å²) in [6, 6.07) is 32.4. The molecule has 6 rings (SSSR count). The fourth-order valence-corrected chi connectivity index (χ4v) is 4.98. The van der Waals surface area contributed by atoms with E-state index >= 15 is 0 Å². The summed E-state index contributed by atoms with van der Waals surface area (Å²) in [5.41, 5.74) is 13.0. The standard InChI is InChI=1S/C30H23N3O2/c31-23-13-16-26-22(19-23)17-18-32(26)24-14-11-21(12-15-24)28-27(20-7-3-1-4-8-20)29(34)33(30(28)35)25-9-5-2-6-10-25/h1-16,19H,17-18,31H2. The van der Waals surface area contributed by atoms with Gasteiger partial charge in [-0.25, -0.2) is 4.90 Å². The van der Waals surface area contributed by atoms with Gasteiger partial charge in [-0.15, -0.1) is 0 Å². The summed E-state index contributed by atoms with van der Waals surface area (Å²) in [5, 5.41) is 0. The van der Waals surface area contributed by atoms with Crippen molar-refractivity contribution in [1.82, 2.24) is 0 Å². The van der Waals surface area contributed by atoms with Gasteiger partial charge in [0.15, 0.2) is 0 Å². The Hall–Kier alpha value is -4.64. The van der Waals surface area contributed by atoms with Gasteiger partial charge in [-0.3, -0.25) is 9.59 Å². The predicted molar refractivity (Wildman–Crippen MR) is 140 cm³/mol. The van der Waals surface area contributed by atoms with Crippen LogP contribution in [0, 0.1) is 0 Å². The first-order valence-electron chi connectivity index (χ1n) is 11.6. The molecule has 0 aliphatic carbocycles. The number of para-hydroxylation sites is 1. The van der Waals surface area contributed by atoms with E-state index in [2.05, 4.69) is 11.0 Å². The molecule has 0 saturated carbocycles. The van der Waals surface area contributed by atoms with Crippen molar-refractivity contribution in [3.63, 3.8) is 0 Å². The SMILES string of the molecule is Nc1ccc2c(c1)CCN2c1ccc(C2=C(c3ccccc3)C(=O)N(c3ccccc3)C2=O)cc1. The number of nitrogen functional groups attached to an aromatic ring is 1. The van der Waals surface area contributed by atoms with E-state index in [0.29, 0.717) is 16.8 Å². The maximum absolute atomic E-state index is 13.7. The van der Waals surface area contributed by atoms with E-state index in [0.717, 1.165) is 41.2 Å². The topological polar surface area (TPSA) is 66.6 Å². The highest BCUT2D eigenvalue weighted by Gasteiger charge is 2.40. The third-order valence-corrected chi connectivity index (χ3v) is 6.63. The fraction of sp³-hybridized carbons (Fsp3) is 0.0667. The third kappa shape index (κ3) is 3.49. The van der Waals surface area contributed by atoms with Gasteiger partial charge in [-0.1, -0.05) is 60.7 Å². The Morgan fingerprint density at radius 3 is 1.89 bits per heavy atom. The zero-order chi connectivity index (χ0) is 23.9. The largest absolute Gasteiger partial charge is 0.399 e. The van der Waals surface area contributed by atoms with Crippen LogP contribution in [0.3, 0.4) is 0 Å². The Labute approximate surface area is 203 Å². The number of amides is 2. The van der Waals surface area contributed by atoms with Gasteiger partial charge < -0.3 is 10.6 Å². The average Bonchev–Trinajstić information content (AvgIpc) is 3.42. The minimum Gasteiger partial charge on any atom is -0.399 e. The first-order valence-corrected chi connectivity index (χ1v) is 11.6. The van der Waals surface area contributed by atoms with Gasteiger partial charge in [-0.2, -0.15) is 0 Å². The number of nitrogens with zero attached hydrogens (tertiary/aromatic N) is 2. The Balaban J connectivity index is 1.42. The molecule has 5 heteroatoms. The molecule has 2 N–H and O–H groups in total. The number of imide groups is 1. The van der Waals surface area contributed by atoms with Gasteiger partial charge in [-0.05, 0) is 65.6 Å². The Morgan fingerprint density at radius 1 is 0.629 bits per heavy atom. The molecular formula is C30H23N3O2. The number of nitrogens with two attached hydrogens (primary N) is 1. The molecule has 0 saturated heterocycles.